The number of rotatable bonds is 4. The Balaban J connectivity index is 2.77. The minimum Gasteiger partial charge on any atom is -0.437 e. The predicted octanol–water partition coefficient (Wildman–Crippen LogP) is 3.80. The van der Waals surface area contributed by atoms with E-state index in [2.05, 4.69) is 11.3 Å². The summed E-state index contributed by atoms with van der Waals surface area (Å²) in [5, 5.41) is 1.50. The first-order valence-corrected chi connectivity index (χ1v) is 7.28. The van der Waals surface area contributed by atoms with Crippen molar-refractivity contribution in [3.05, 3.63) is 41.9 Å². The van der Waals surface area contributed by atoms with Crippen LogP contribution >= 0.6 is 11.6 Å². The molecule has 24 heavy (non-hydrogen) atoms. The molecule has 0 unspecified atom stereocenters. The van der Waals surface area contributed by atoms with Crippen LogP contribution in [0.15, 0.2) is 36.9 Å². The summed E-state index contributed by atoms with van der Waals surface area (Å²) < 4.78 is 15.1. The third-order valence-corrected chi connectivity index (χ3v) is 3.44. The lowest BCUT2D eigenvalue weighted by atomic mass is 10.1. The average molecular weight is 350 g/mol. The van der Waals surface area contributed by atoms with E-state index in [1.165, 1.54) is 7.11 Å². The molecule has 0 saturated carbocycles. The number of methoxy groups -OCH3 is 1. The van der Waals surface area contributed by atoms with Crippen molar-refractivity contribution in [2.75, 3.05) is 26.1 Å². The molecule has 0 bridgehead atoms. The summed E-state index contributed by atoms with van der Waals surface area (Å²) in [7, 11) is 4.75. The first-order valence-electron chi connectivity index (χ1n) is 6.91. The fraction of sp³-hybridized carbons (Fsp3) is 0.176. The van der Waals surface area contributed by atoms with Gasteiger partial charge >= 0.3 is 12.1 Å². The molecule has 0 aromatic heterocycles. The molecule has 0 heterocycles. The van der Waals surface area contributed by atoms with Gasteiger partial charge in [0.1, 0.15) is 5.75 Å². The van der Waals surface area contributed by atoms with Crippen LogP contribution in [0.3, 0.4) is 0 Å². The van der Waals surface area contributed by atoms with Gasteiger partial charge in [0.15, 0.2) is 5.75 Å². The number of nitrogens with zero attached hydrogens (tertiary/aromatic N) is 1. The van der Waals surface area contributed by atoms with E-state index in [0.29, 0.717) is 27.2 Å². The van der Waals surface area contributed by atoms with Crippen LogP contribution in [0.5, 0.6) is 11.5 Å². The van der Waals surface area contributed by atoms with Crippen molar-refractivity contribution >= 4 is 40.2 Å². The molecule has 0 fully saturated rings. The number of hydrogen-bond donors (Lipinski definition) is 0. The smallest absolute Gasteiger partial charge is 0.437 e. The lowest BCUT2D eigenvalue weighted by molar-refractivity contribution is -0.128. The van der Waals surface area contributed by atoms with E-state index < -0.39 is 12.1 Å². The molecular weight excluding hydrogens is 334 g/mol. The van der Waals surface area contributed by atoms with Crippen LogP contribution in [0.2, 0.25) is 5.02 Å². The number of fused-ring (bicyclic) bond motifs is 1. The largest absolute Gasteiger partial charge is 0.513 e. The molecule has 0 saturated heterocycles. The molecule has 0 radical (unpaired) electrons. The van der Waals surface area contributed by atoms with Crippen LogP contribution in [0, 0.1) is 0 Å². The molecule has 6 nitrogen and oxygen atoms in total. The van der Waals surface area contributed by atoms with E-state index >= 15 is 0 Å². The molecule has 0 spiro atoms. The van der Waals surface area contributed by atoms with Gasteiger partial charge in [-0.3, -0.25) is 0 Å². The highest BCUT2D eigenvalue weighted by atomic mass is 35.5. The molecule has 0 aliphatic rings. The molecule has 7 heteroatoms. The van der Waals surface area contributed by atoms with Crippen LogP contribution in [0.1, 0.15) is 0 Å². The minimum absolute atomic E-state index is 0.237. The molecule has 0 aliphatic carbocycles. The van der Waals surface area contributed by atoms with Crippen molar-refractivity contribution in [3.63, 3.8) is 0 Å². The average Bonchev–Trinajstić information content (AvgIpc) is 2.55. The van der Waals surface area contributed by atoms with Gasteiger partial charge in [-0.15, -0.1) is 0 Å². The second-order valence-electron chi connectivity index (χ2n) is 4.99. The second kappa shape index (κ2) is 7.23. The van der Waals surface area contributed by atoms with E-state index in [-0.39, 0.29) is 5.75 Å². The lowest BCUT2D eigenvalue weighted by Crippen LogP contribution is -2.14. The number of carbonyl (C=O) groups excluding carboxylic acids is 2. The Morgan fingerprint density at radius 3 is 2.46 bits per heavy atom. The number of benzene rings is 2. The Morgan fingerprint density at radius 2 is 1.88 bits per heavy atom. The summed E-state index contributed by atoms with van der Waals surface area (Å²) in [6.07, 6.45) is 0.205. The highest BCUT2D eigenvalue weighted by Gasteiger charge is 2.20. The van der Waals surface area contributed by atoms with Crippen molar-refractivity contribution in [3.8, 4) is 11.5 Å². The number of halogens is 1. The first kappa shape index (κ1) is 17.6. The van der Waals surface area contributed by atoms with Gasteiger partial charge in [-0.05, 0) is 18.2 Å². The van der Waals surface area contributed by atoms with Crippen molar-refractivity contribution in [2.45, 2.75) is 0 Å². The van der Waals surface area contributed by atoms with Crippen LogP contribution in [-0.4, -0.2) is 33.3 Å². The molecule has 2 aromatic carbocycles. The van der Waals surface area contributed by atoms with Crippen molar-refractivity contribution in [1.29, 1.82) is 0 Å². The number of esters is 1. The maximum atomic E-state index is 11.7. The van der Waals surface area contributed by atoms with Gasteiger partial charge in [0.25, 0.3) is 0 Å². The quantitative estimate of drug-likeness (QED) is 0.362. The Labute approximate surface area is 144 Å². The van der Waals surface area contributed by atoms with E-state index in [4.69, 9.17) is 21.1 Å². The third kappa shape index (κ3) is 3.60. The van der Waals surface area contributed by atoms with Gasteiger partial charge in [-0.1, -0.05) is 18.2 Å². The Bertz CT molecular complexity index is 816. The Morgan fingerprint density at radius 1 is 1.17 bits per heavy atom. The fourth-order valence-corrected chi connectivity index (χ4v) is 2.29. The van der Waals surface area contributed by atoms with Crippen LogP contribution in [0.4, 0.5) is 10.5 Å². The standard InChI is InChI=1S/C17H16ClNO5/c1-5-15(20)24-16-11-7-6-10(18)8-12(11)14(23-17(21)22-4)9-13(16)19(2)3/h5-9H,1H2,2-4H3. The predicted molar refractivity (Wildman–Crippen MR) is 92.2 cm³/mol. The van der Waals surface area contributed by atoms with E-state index in [1.807, 2.05) is 0 Å². The van der Waals surface area contributed by atoms with Crippen LogP contribution in [-0.2, 0) is 9.53 Å². The SMILES string of the molecule is C=CC(=O)Oc1c(N(C)C)cc(OC(=O)OC)c2cc(Cl)ccc12. The zero-order chi connectivity index (χ0) is 17.9. The van der Waals surface area contributed by atoms with Crippen molar-refractivity contribution in [1.82, 2.24) is 0 Å². The van der Waals surface area contributed by atoms with Gasteiger partial charge in [0.05, 0.1) is 12.8 Å². The van der Waals surface area contributed by atoms with E-state index in [9.17, 15) is 9.59 Å². The zero-order valence-electron chi connectivity index (χ0n) is 13.5. The molecule has 0 aliphatic heterocycles. The molecule has 0 amide bonds. The third-order valence-electron chi connectivity index (χ3n) is 3.20. The number of anilines is 1. The van der Waals surface area contributed by atoms with Crippen molar-refractivity contribution < 1.29 is 23.8 Å². The highest BCUT2D eigenvalue weighted by Crippen LogP contribution is 2.42. The Kier molecular flexibility index (Phi) is 5.31. The van der Waals surface area contributed by atoms with Gasteiger partial charge in [-0.2, -0.15) is 0 Å². The summed E-state index contributed by atoms with van der Waals surface area (Å²) in [4.78, 5) is 24.9. The first-order chi connectivity index (χ1) is 11.4. The van der Waals surface area contributed by atoms with E-state index in [1.54, 1.807) is 43.3 Å². The summed E-state index contributed by atoms with van der Waals surface area (Å²) in [6.45, 7) is 3.40. The topological polar surface area (TPSA) is 65.1 Å². The fourth-order valence-electron chi connectivity index (χ4n) is 2.12. The van der Waals surface area contributed by atoms with E-state index in [0.717, 1.165) is 6.08 Å². The summed E-state index contributed by atoms with van der Waals surface area (Å²) in [5.74, 6) is -0.0498. The Hall–Kier alpha value is -2.73. The van der Waals surface area contributed by atoms with Crippen LogP contribution in [0.25, 0.3) is 10.8 Å². The molecular formula is C17H16ClNO5. The van der Waals surface area contributed by atoms with Crippen molar-refractivity contribution in [2.24, 2.45) is 0 Å². The normalized spacial score (nSPS) is 10.2. The van der Waals surface area contributed by atoms with Gasteiger partial charge in [0, 0.05) is 42.0 Å². The minimum atomic E-state index is -0.864. The molecule has 2 rings (SSSR count). The molecule has 2 aromatic rings. The van der Waals surface area contributed by atoms with Gasteiger partial charge in [0.2, 0.25) is 0 Å². The number of ether oxygens (including phenoxy) is 3. The lowest BCUT2D eigenvalue weighted by Gasteiger charge is -2.20. The van der Waals surface area contributed by atoms with Gasteiger partial charge < -0.3 is 19.1 Å². The number of hydrogen-bond acceptors (Lipinski definition) is 6. The van der Waals surface area contributed by atoms with Gasteiger partial charge in [-0.25, -0.2) is 9.59 Å². The molecule has 0 atom stereocenters. The van der Waals surface area contributed by atoms with Crippen LogP contribution < -0.4 is 14.4 Å². The molecule has 126 valence electrons. The number of carbonyl (C=O) groups is 2. The second-order valence-corrected chi connectivity index (χ2v) is 5.43. The highest BCUT2D eigenvalue weighted by molar-refractivity contribution is 6.31. The maximum absolute atomic E-state index is 11.7. The maximum Gasteiger partial charge on any atom is 0.513 e. The summed E-state index contributed by atoms with van der Waals surface area (Å²) in [5.41, 5.74) is 0.541. The molecule has 0 N–H and O–H groups in total. The zero-order valence-corrected chi connectivity index (χ0v) is 14.2. The monoisotopic (exact) mass is 349 g/mol. The summed E-state index contributed by atoms with van der Waals surface area (Å²) >= 11 is 6.04. The summed E-state index contributed by atoms with van der Waals surface area (Å²) in [6, 6.07) is 6.51.